The first-order chi connectivity index (χ1) is 8.58. The van der Waals surface area contributed by atoms with Crippen LogP contribution in [-0.4, -0.2) is 24.5 Å². The molecule has 18 heavy (non-hydrogen) atoms. The number of hydrogen-bond donors (Lipinski definition) is 0. The number of halogens is 1. The topological polar surface area (TPSA) is 3.24 Å². The van der Waals surface area contributed by atoms with E-state index in [2.05, 4.69) is 50.1 Å². The van der Waals surface area contributed by atoms with E-state index in [4.69, 9.17) is 11.6 Å². The molecule has 0 spiro atoms. The van der Waals surface area contributed by atoms with Gasteiger partial charge >= 0.3 is 0 Å². The van der Waals surface area contributed by atoms with E-state index < -0.39 is 0 Å². The van der Waals surface area contributed by atoms with Crippen molar-refractivity contribution < 1.29 is 0 Å². The zero-order valence-electron chi connectivity index (χ0n) is 11.3. The summed E-state index contributed by atoms with van der Waals surface area (Å²) in [6, 6.07) is 6.42. The Balaban J connectivity index is 2.75. The molecule has 1 unspecified atom stereocenters. The average Bonchev–Trinajstić information content (AvgIpc) is 2.29. The van der Waals surface area contributed by atoms with E-state index >= 15 is 0 Å². The van der Waals surface area contributed by atoms with Gasteiger partial charge in [-0.15, -0.1) is 24.8 Å². The summed E-state index contributed by atoms with van der Waals surface area (Å²) >= 11 is 6.52. The first kappa shape index (κ1) is 15.0. The third kappa shape index (κ3) is 4.32. The third-order valence-electron chi connectivity index (χ3n) is 2.96. The summed E-state index contributed by atoms with van der Waals surface area (Å²) in [5, 5.41) is 0.00509. The van der Waals surface area contributed by atoms with Gasteiger partial charge < -0.3 is 0 Å². The van der Waals surface area contributed by atoms with Crippen LogP contribution in [0.5, 0.6) is 0 Å². The number of nitrogens with zero attached hydrogens (tertiary/aromatic N) is 1. The Hall–Kier alpha value is -1.05. The summed E-state index contributed by atoms with van der Waals surface area (Å²) in [5.74, 6) is 0. The lowest BCUT2D eigenvalue weighted by molar-refractivity contribution is 0.335. The van der Waals surface area contributed by atoms with Gasteiger partial charge in [-0.1, -0.05) is 35.9 Å². The summed E-state index contributed by atoms with van der Waals surface area (Å²) in [7, 11) is 0. The minimum atomic E-state index is 0.00509. The second kappa shape index (κ2) is 7.40. The average molecular weight is 264 g/mol. The highest BCUT2D eigenvalue weighted by atomic mass is 35.5. The molecule has 0 fully saturated rings. The van der Waals surface area contributed by atoms with Crippen molar-refractivity contribution in [3.05, 3.63) is 60.2 Å². The molecule has 0 heterocycles. The Morgan fingerprint density at radius 3 is 2.33 bits per heavy atom. The fourth-order valence-electron chi connectivity index (χ4n) is 2.09. The van der Waals surface area contributed by atoms with Crippen LogP contribution in [0.25, 0.3) is 0 Å². The molecule has 1 aromatic carbocycles. The lowest BCUT2D eigenvalue weighted by atomic mass is 10.0. The fraction of sp³-hybridized carbons (Fsp3) is 0.375. The van der Waals surface area contributed by atoms with Crippen molar-refractivity contribution in [2.45, 2.75) is 19.2 Å². The number of benzene rings is 1. The van der Waals surface area contributed by atoms with Gasteiger partial charge in [-0.3, -0.25) is 4.90 Å². The Labute approximate surface area is 116 Å². The smallest absolute Gasteiger partial charge is 0.0715 e. The van der Waals surface area contributed by atoms with Crippen molar-refractivity contribution in [1.82, 2.24) is 4.90 Å². The molecule has 0 aliphatic rings. The molecule has 0 amide bonds. The van der Waals surface area contributed by atoms with E-state index in [1.807, 2.05) is 12.2 Å². The number of rotatable bonds is 7. The van der Waals surface area contributed by atoms with Crippen LogP contribution in [0.4, 0.5) is 0 Å². The minimum absolute atomic E-state index is 0.00509. The molecule has 0 saturated carbocycles. The summed E-state index contributed by atoms with van der Waals surface area (Å²) in [6.45, 7) is 14.2. The van der Waals surface area contributed by atoms with Crippen molar-refractivity contribution in [2.24, 2.45) is 0 Å². The highest BCUT2D eigenvalue weighted by molar-refractivity contribution is 6.21. The Morgan fingerprint density at radius 1 is 1.22 bits per heavy atom. The molecular formula is C16H22ClN. The van der Waals surface area contributed by atoms with Crippen LogP contribution in [0, 0.1) is 13.8 Å². The molecule has 0 bridgehead atoms. The van der Waals surface area contributed by atoms with Crippen molar-refractivity contribution in [2.75, 3.05) is 19.6 Å². The number of aryl methyl sites for hydroxylation is 2. The normalized spacial score (nSPS) is 12.4. The monoisotopic (exact) mass is 263 g/mol. The second-order valence-corrected chi connectivity index (χ2v) is 5.15. The predicted molar refractivity (Wildman–Crippen MR) is 81.3 cm³/mol. The highest BCUT2D eigenvalue weighted by Crippen LogP contribution is 2.25. The molecular weight excluding hydrogens is 242 g/mol. The molecule has 0 aliphatic heterocycles. The van der Waals surface area contributed by atoms with Gasteiger partial charge in [0.05, 0.1) is 5.38 Å². The number of hydrogen-bond acceptors (Lipinski definition) is 1. The number of alkyl halides is 1. The third-order valence-corrected chi connectivity index (χ3v) is 3.33. The van der Waals surface area contributed by atoms with Gasteiger partial charge in [0.15, 0.2) is 0 Å². The largest absolute Gasteiger partial charge is 0.294 e. The van der Waals surface area contributed by atoms with Gasteiger partial charge in [-0.25, -0.2) is 0 Å². The minimum Gasteiger partial charge on any atom is -0.294 e. The SMILES string of the molecule is C=CCN(CC=C)CC(Cl)c1ccc(C)cc1C. The zero-order chi connectivity index (χ0) is 13.5. The summed E-state index contributed by atoms with van der Waals surface area (Å²) in [4.78, 5) is 2.23. The van der Waals surface area contributed by atoms with Crippen LogP contribution >= 0.6 is 11.6 Å². The van der Waals surface area contributed by atoms with Crippen LogP contribution in [0.3, 0.4) is 0 Å². The van der Waals surface area contributed by atoms with Crippen LogP contribution in [0.15, 0.2) is 43.5 Å². The van der Waals surface area contributed by atoms with E-state index in [1.54, 1.807) is 0 Å². The predicted octanol–water partition coefficient (Wildman–Crippen LogP) is 4.26. The van der Waals surface area contributed by atoms with Crippen molar-refractivity contribution in [3.63, 3.8) is 0 Å². The van der Waals surface area contributed by atoms with Crippen LogP contribution < -0.4 is 0 Å². The summed E-state index contributed by atoms with van der Waals surface area (Å²) in [6.07, 6.45) is 3.80. The molecule has 0 N–H and O–H groups in total. The van der Waals surface area contributed by atoms with Crippen molar-refractivity contribution in [3.8, 4) is 0 Å². The lowest BCUT2D eigenvalue weighted by Gasteiger charge is -2.23. The Morgan fingerprint density at radius 2 is 1.83 bits per heavy atom. The van der Waals surface area contributed by atoms with Crippen LogP contribution in [0.1, 0.15) is 22.1 Å². The first-order valence-electron chi connectivity index (χ1n) is 6.23. The molecule has 2 heteroatoms. The molecule has 1 rings (SSSR count). The molecule has 0 radical (unpaired) electrons. The van der Waals surface area contributed by atoms with Crippen LogP contribution in [-0.2, 0) is 0 Å². The van der Waals surface area contributed by atoms with Gasteiger partial charge in [0.1, 0.15) is 0 Å². The molecule has 0 aromatic heterocycles. The van der Waals surface area contributed by atoms with Gasteiger partial charge in [0.25, 0.3) is 0 Å². The van der Waals surface area contributed by atoms with E-state index in [-0.39, 0.29) is 5.38 Å². The van der Waals surface area contributed by atoms with Crippen LogP contribution in [0.2, 0.25) is 0 Å². The quantitative estimate of drug-likeness (QED) is 0.525. The maximum absolute atomic E-state index is 6.52. The summed E-state index contributed by atoms with van der Waals surface area (Å²) in [5.41, 5.74) is 3.74. The highest BCUT2D eigenvalue weighted by Gasteiger charge is 2.14. The van der Waals surface area contributed by atoms with Gasteiger partial charge in [0.2, 0.25) is 0 Å². The molecule has 0 aliphatic carbocycles. The lowest BCUT2D eigenvalue weighted by Crippen LogP contribution is -2.27. The maximum atomic E-state index is 6.52. The molecule has 1 nitrogen and oxygen atoms in total. The standard InChI is InChI=1S/C16H22ClN/c1-5-9-18(10-6-2)12-16(17)15-8-7-13(3)11-14(15)4/h5-8,11,16H,1-2,9-10,12H2,3-4H3. The fourth-order valence-corrected chi connectivity index (χ4v) is 2.53. The zero-order valence-corrected chi connectivity index (χ0v) is 12.1. The van der Waals surface area contributed by atoms with Gasteiger partial charge in [-0.2, -0.15) is 0 Å². The Kier molecular flexibility index (Phi) is 6.17. The van der Waals surface area contributed by atoms with E-state index in [0.717, 1.165) is 19.6 Å². The first-order valence-corrected chi connectivity index (χ1v) is 6.67. The van der Waals surface area contributed by atoms with E-state index in [9.17, 15) is 0 Å². The van der Waals surface area contributed by atoms with E-state index in [1.165, 1.54) is 16.7 Å². The van der Waals surface area contributed by atoms with Gasteiger partial charge in [0, 0.05) is 19.6 Å². The van der Waals surface area contributed by atoms with Gasteiger partial charge in [-0.05, 0) is 25.0 Å². The Bertz CT molecular complexity index is 402. The van der Waals surface area contributed by atoms with E-state index in [0.29, 0.717) is 0 Å². The summed E-state index contributed by atoms with van der Waals surface area (Å²) < 4.78 is 0. The molecule has 0 saturated heterocycles. The molecule has 98 valence electrons. The second-order valence-electron chi connectivity index (χ2n) is 4.62. The molecule has 1 atom stereocenters. The molecule has 1 aromatic rings. The van der Waals surface area contributed by atoms with Crippen molar-refractivity contribution in [1.29, 1.82) is 0 Å². The maximum Gasteiger partial charge on any atom is 0.0715 e. The van der Waals surface area contributed by atoms with Crippen molar-refractivity contribution >= 4 is 11.6 Å².